The summed E-state index contributed by atoms with van der Waals surface area (Å²) in [5, 5.41) is 56.8. The van der Waals surface area contributed by atoms with Crippen molar-refractivity contribution in [2.24, 2.45) is 0 Å². The number of halogens is 2. The van der Waals surface area contributed by atoms with E-state index in [1.165, 1.54) is 54.6 Å². The van der Waals surface area contributed by atoms with E-state index in [2.05, 4.69) is 0 Å². The highest BCUT2D eigenvalue weighted by Crippen LogP contribution is 2.47. The smallest absolute Gasteiger partial charge is 0.283 e. The predicted octanol–water partition coefficient (Wildman–Crippen LogP) is 12.4. The number of imide groups is 2. The number of anilines is 3. The molecule has 12 rings (SSSR count). The van der Waals surface area contributed by atoms with Crippen LogP contribution in [0.4, 0.5) is 28.4 Å². The van der Waals surface area contributed by atoms with Gasteiger partial charge in [0.1, 0.15) is 22.8 Å². The van der Waals surface area contributed by atoms with Crippen molar-refractivity contribution in [3.05, 3.63) is 201 Å². The second kappa shape index (κ2) is 19.4. The van der Waals surface area contributed by atoms with Crippen LogP contribution in [0.15, 0.2) is 116 Å². The number of nitro groups is 2. The number of nitro benzene ring substituents is 2. The minimum atomic E-state index is -1.52. The fourth-order valence-corrected chi connectivity index (χ4v) is 11.3. The summed E-state index contributed by atoms with van der Waals surface area (Å²) in [6, 6.07) is 26.4. The Hall–Kier alpha value is -9.05. The highest BCUT2D eigenvalue weighted by atomic mass is 35.5. The molecule has 3 N–H and O–H groups in total. The Bertz CT molecular complexity index is 4200. The summed E-state index contributed by atoms with van der Waals surface area (Å²) in [5.74, 6) is -1.31. The number of hydrogen-bond acceptors (Lipinski definition) is 15. The number of para-hydroxylation sites is 3. The molecule has 1 atom stereocenters. The lowest BCUT2D eigenvalue weighted by Crippen LogP contribution is -2.29. The van der Waals surface area contributed by atoms with Crippen molar-refractivity contribution in [2.45, 2.75) is 72.8 Å². The Kier molecular flexibility index (Phi) is 13.2. The maximum absolute atomic E-state index is 13.0. The number of furan rings is 3. The number of fused-ring (bicyclic) bond motifs is 6. The van der Waals surface area contributed by atoms with Crippen molar-refractivity contribution in [3.63, 3.8) is 0 Å². The fraction of sp³-hybridized carbons (Fsp3) is 0.190. The van der Waals surface area contributed by atoms with Crippen LogP contribution in [0.1, 0.15) is 125 Å². The Labute approximate surface area is 462 Å². The summed E-state index contributed by atoms with van der Waals surface area (Å²) in [6.45, 7) is 13.7. The average Bonchev–Trinajstić information content (AvgIpc) is 4.35. The zero-order valence-electron chi connectivity index (χ0n) is 43.6. The Balaban J connectivity index is 0.000000135. The molecule has 20 nitrogen and oxygen atoms in total. The normalized spacial score (nSPS) is 14.9. The number of aliphatic hydroxyl groups excluding tert-OH is 1. The summed E-state index contributed by atoms with van der Waals surface area (Å²) in [4.78, 5) is 88.9. The molecule has 22 heteroatoms. The van der Waals surface area contributed by atoms with E-state index in [1.54, 1.807) is 84.0 Å². The first-order chi connectivity index (χ1) is 37.7. The number of aryl methyl sites for hydroxylation is 4. The Morgan fingerprint density at radius 2 is 0.900 bits per heavy atom. The monoisotopic (exact) mass is 1120 g/mol. The molecule has 0 radical (unpaired) electrons. The van der Waals surface area contributed by atoms with Gasteiger partial charge in [-0.2, -0.15) is 0 Å². The number of aliphatic hydroxyl groups is 3. The molecule has 0 bridgehead atoms. The summed E-state index contributed by atoms with van der Waals surface area (Å²) >= 11 is 12.2. The lowest BCUT2D eigenvalue weighted by molar-refractivity contribution is -0.386. The largest absolute Gasteiger partial charge is 0.459 e. The first kappa shape index (κ1) is 54.3. The van der Waals surface area contributed by atoms with Gasteiger partial charge >= 0.3 is 0 Å². The molecule has 0 spiro atoms. The van der Waals surface area contributed by atoms with Crippen LogP contribution < -0.4 is 14.7 Å². The lowest BCUT2D eigenvalue weighted by atomic mass is 9.95. The molecule has 80 heavy (non-hydrogen) atoms. The first-order valence-electron chi connectivity index (χ1n) is 24.5. The highest BCUT2D eigenvalue weighted by Gasteiger charge is 2.46. The molecule has 6 aromatic carbocycles. The van der Waals surface area contributed by atoms with Crippen LogP contribution in [0, 0.1) is 47.9 Å². The average molecular weight is 1120 g/mol. The minimum absolute atomic E-state index is 0.0257. The number of nitrogens with zero attached hydrogens (tertiary/aromatic N) is 5. The van der Waals surface area contributed by atoms with Gasteiger partial charge in [0.25, 0.3) is 40.9 Å². The fourth-order valence-electron chi connectivity index (χ4n) is 10.8. The third kappa shape index (κ3) is 8.46. The van der Waals surface area contributed by atoms with Crippen LogP contribution in [0.25, 0.3) is 32.9 Å². The second-order valence-electron chi connectivity index (χ2n) is 20.1. The van der Waals surface area contributed by atoms with Gasteiger partial charge in [-0.1, -0.05) is 71.7 Å². The summed E-state index contributed by atoms with van der Waals surface area (Å²) in [5.41, 5.74) is 0.934. The number of amides is 5. The molecule has 5 amide bonds. The third-order valence-electron chi connectivity index (χ3n) is 14.1. The molecule has 3 aliphatic rings. The zero-order valence-corrected chi connectivity index (χ0v) is 45.1. The molecule has 406 valence electrons. The van der Waals surface area contributed by atoms with Crippen LogP contribution in [0.3, 0.4) is 0 Å². The van der Waals surface area contributed by atoms with Gasteiger partial charge in [0.2, 0.25) is 0 Å². The topological polar surface area (TPSA) is 281 Å². The van der Waals surface area contributed by atoms with Gasteiger partial charge in [0, 0.05) is 39.4 Å². The van der Waals surface area contributed by atoms with Crippen LogP contribution >= 0.6 is 23.2 Å². The standard InChI is InChI=1S/C20H18N2O6.C20H16N2O6.C18H11Cl2NO3/c2*1-10-16(20(2,3)25)12-7-5-9-14(17(12)28-10)21-18(23)11-6-4-8-13(22(26)27)15(11)19(21)24;1-8-9(2)24-16-10(8)4-3-5-13(16)21-17(22)14-11(19)6-7-12(20)15(14)18(21)23/h4-9,19,24-25H,1-3H3;4-9,25H,1-3H3;3-7H,1-2H3. The minimum Gasteiger partial charge on any atom is -0.459 e. The van der Waals surface area contributed by atoms with Crippen LogP contribution in [0.2, 0.25) is 10.0 Å². The maximum atomic E-state index is 13.0. The van der Waals surface area contributed by atoms with Crippen molar-refractivity contribution in [2.75, 3.05) is 14.7 Å². The maximum Gasteiger partial charge on any atom is 0.283 e. The lowest BCUT2D eigenvalue weighted by Gasteiger charge is -2.21. The van der Waals surface area contributed by atoms with E-state index in [4.69, 9.17) is 36.5 Å². The van der Waals surface area contributed by atoms with Gasteiger partial charge in [-0.25, -0.2) is 9.80 Å². The number of carbonyl (C=O) groups is 5. The molecule has 0 fully saturated rings. The van der Waals surface area contributed by atoms with Gasteiger partial charge in [-0.3, -0.25) is 49.1 Å². The molecule has 0 saturated heterocycles. The van der Waals surface area contributed by atoms with E-state index in [9.17, 15) is 59.5 Å². The zero-order chi connectivity index (χ0) is 57.9. The van der Waals surface area contributed by atoms with Crippen molar-refractivity contribution < 1.29 is 62.4 Å². The van der Waals surface area contributed by atoms with Gasteiger partial charge in [0.15, 0.2) is 23.0 Å². The van der Waals surface area contributed by atoms with E-state index < -0.39 is 62.5 Å². The second-order valence-corrected chi connectivity index (χ2v) is 20.9. The van der Waals surface area contributed by atoms with Crippen molar-refractivity contribution in [1.29, 1.82) is 0 Å². The number of carbonyl (C=O) groups excluding carboxylic acids is 5. The molecule has 0 saturated carbocycles. The van der Waals surface area contributed by atoms with Crippen LogP contribution in [0.5, 0.6) is 0 Å². The third-order valence-corrected chi connectivity index (χ3v) is 14.8. The number of benzene rings is 6. The Morgan fingerprint density at radius 1 is 0.500 bits per heavy atom. The molecule has 3 aliphatic heterocycles. The highest BCUT2D eigenvalue weighted by molar-refractivity contribution is 6.46. The van der Waals surface area contributed by atoms with Gasteiger partial charge in [0.05, 0.1) is 76.0 Å². The predicted molar refractivity (Wildman–Crippen MR) is 295 cm³/mol. The van der Waals surface area contributed by atoms with E-state index in [1.807, 2.05) is 19.9 Å². The van der Waals surface area contributed by atoms with E-state index >= 15 is 0 Å². The van der Waals surface area contributed by atoms with Crippen molar-refractivity contribution in [3.8, 4) is 0 Å². The van der Waals surface area contributed by atoms with E-state index in [-0.39, 0.29) is 66.1 Å². The van der Waals surface area contributed by atoms with E-state index in [0.717, 1.165) is 31.4 Å². The van der Waals surface area contributed by atoms with Crippen LogP contribution in [-0.2, 0) is 11.2 Å². The number of hydrogen-bond donors (Lipinski definition) is 3. The molecular formula is C58H45Cl2N5O15. The molecule has 0 aliphatic carbocycles. The van der Waals surface area contributed by atoms with Crippen molar-refractivity contribution >= 4 is 114 Å². The summed E-state index contributed by atoms with van der Waals surface area (Å²) in [6.07, 6.45) is -1.52. The van der Waals surface area contributed by atoms with Gasteiger partial charge < -0.3 is 28.6 Å². The summed E-state index contributed by atoms with van der Waals surface area (Å²) < 4.78 is 17.4. The molecule has 6 heterocycles. The molecule has 9 aromatic rings. The van der Waals surface area contributed by atoms with E-state index in [0.29, 0.717) is 50.3 Å². The number of rotatable bonds is 7. The quantitative estimate of drug-likeness (QED) is 0.0760. The first-order valence-corrected chi connectivity index (χ1v) is 25.2. The SMILES string of the molecule is Cc1oc2c(N3C(=O)c4c(Cl)ccc(Cl)c4C3=O)cccc2c1C.Cc1oc2c(N3C(=O)c4cccc([N+](=O)[O-])c4C3=O)cccc2c1C(C)(C)O.Cc1oc2c(N3C(=O)c4cccc([N+](=O)[O-])c4C3O)cccc2c1C(C)(C)O. The Morgan fingerprint density at radius 3 is 1.40 bits per heavy atom. The summed E-state index contributed by atoms with van der Waals surface area (Å²) in [7, 11) is 0. The molecule has 3 aromatic heterocycles. The molecule has 1 unspecified atom stereocenters. The van der Waals surface area contributed by atoms with Gasteiger partial charge in [-0.05, 0) is 103 Å². The molecular weight excluding hydrogens is 1080 g/mol. The van der Waals surface area contributed by atoms with Gasteiger partial charge in [-0.15, -0.1) is 0 Å². The van der Waals surface area contributed by atoms with Crippen LogP contribution in [-0.4, -0.2) is 54.7 Å². The van der Waals surface area contributed by atoms with Crippen molar-refractivity contribution in [1.82, 2.24) is 0 Å².